The van der Waals surface area contributed by atoms with Gasteiger partial charge in [-0.2, -0.15) is 0 Å². The molecule has 0 saturated carbocycles. The number of hydrogen-bond donors (Lipinski definition) is 3. The van der Waals surface area contributed by atoms with E-state index in [-0.39, 0.29) is 30.6 Å². The summed E-state index contributed by atoms with van der Waals surface area (Å²) in [5.74, 6) is 0.616. The normalized spacial score (nSPS) is 22.3. The monoisotopic (exact) mass is 469 g/mol. The number of pyridine rings is 1. The summed E-state index contributed by atoms with van der Waals surface area (Å²) < 4.78 is 19.3. The molecule has 4 heterocycles. The van der Waals surface area contributed by atoms with Crippen molar-refractivity contribution in [3.8, 4) is 5.75 Å². The van der Waals surface area contributed by atoms with Gasteiger partial charge in [-0.3, -0.25) is 9.18 Å². The Morgan fingerprint density at radius 2 is 2.18 bits per heavy atom. The van der Waals surface area contributed by atoms with E-state index in [2.05, 4.69) is 26.6 Å². The summed E-state index contributed by atoms with van der Waals surface area (Å²) >= 11 is 1.31. The fraction of sp³-hybridized carbons (Fsp3) is 0.417. The largest absolute Gasteiger partial charge is 0.491 e. The minimum atomic E-state index is -0.329. The van der Waals surface area contributed by atoms with E-state index in [1.807, 2.05) is 38.2 Å². The van der Waals surface area contributed by atoms with Gasteiger partial charge in [-0.15, -0.1) is 11.3 Å². The first-order valence-corrected chi connectivity index (χ1v) is 12.0. The smallest absolute Gasteiger partial charge is 0.263 e. The number of nitrogen functional groups attached to an aromatic ring is 1. The number of carbonyl (C=O) groups excluding carboxylic acids is 1. The zero-order valence-electron chi connectivity index (χ0n) is 18.7. The van der Waals surface area contributed by atoms with Crippen molar-refractivity contribution in [1.29, 1.82) is 0 Å². The highest BCUT2D eigenvalue weighted by molar-refractivity contribution is 7.21. The number of thiophene rings is 1. The summed E-state index contributed by atoms with van der Waals surface area (Å²) in [5.41, 5.74) is 9.68. The van der Waals surface area contributed by atoms with Crippen LogP contribution in [0, 0.1) is 12.8 Å². The molecule has 0 bridgehead atoms. The molecule has 1 fully saturated rings. The average Bonchev–Trinajstić information content (AvgIpc) is 3.39. The van der Waals surface area contributed by atoms with Gasteiger partial charge in [0.05, 0.1) is 18.4 Å². The van der Waals surface area contributed by atoms with Crippen molar-refractivity contribution in [3.05, 3.63) is 46.5 Å². The van der Waals surface area contributed by atoms with Gasteiger partial charge < -0.3 is 26.0 Å². The Morgan fingerprint density at radius 3 is 2.94 bits per heavy atom. The van der Waals surface area contributed by atoms with Crippen molar-refractivity contribution >= 4 is 38.8 Å². The highest BCUT2D eigenvalue weighted by atomic mass is 32.1. The van der Waals surface area contributed by atoms with Gasteiger partial charge in [-0.1, -0.05) is 6.07 Å². The summed E-state index contributed by atoms with van der Waals surface area (Å²) in [5, 5.41) is 7.09. The van der Waals surface area contributed by atoms with Gasteiger partial charge in [0.15, 0.2) is 0 Å². The summed E-state index contributed by atoms with van der Waals surface area (Å²) in [6.07, 6.45) is 0.676. The zero-order valence-corrected chi connectivity index (χ0v) is 19.5. The number of fused-ring (bicyclic) bond motifs is 2. The maximum absolute atomic E-state index is 13.3. The van der Waals surface area contributed by atoms with E-state index in [1.54, 1.807) is 0 Å². The minimum Gasteiger partial charge on any atom is -0.491 e. The Balaban J connectivity index is 1.27. The highest BCUT2D eigenvalue weighted by Gasteiger charge is 2.32. The minimum absolute atomic E-state index is 0.00741. The molecule has 1 amide bonds. The maximum atomic E-state index is 13.3. The van der Waals surface area contributed by atoms with Gasteiger partial charge in [0.25, 0.3) is 5.91 Å². The number of alkyl halides is 1. The first-order chi connectivity index (χ1) is 16.0. The molecule has 2 aliphatic rings. The molecule has 4 N–H and O–H groups in total. The molecule has 3 aromatic rings. The van der Waals surface area contributed by atoms with Gasteiger partial charge in [-0.25, -0.2) is 4.98 Å². The first-order valence-electron chi connectivity index (χ1n) is 11.2. The highest BCUT2D eigenvalue weighted by Crippen LogP contribution is 2.34. The number of hydrogen-bond acceptors (Lipinski definition) is 7. The van der Waals surface area contributed by atoms with Gasteiger partial charge in [0.1, 0.15) is 22.1 Å². The van der Waals surface area contributed by atoms with Crippen LogP contribution in [0.1, 0.15) is 20.9 Å². The van der Waals surface area contributed by atoms with E-state index in [9.17, 15) is 9.18 Å². The third-order valence-electron chi connectivity index (χ3n) is 6.61. The quantitative estimate of drug-likeness (QED) is 0.532. The van der Waals surface area contributed by atoms with Crippen LogP contribution in [0.4, 0.5) is 15.8 Å². The molecule has 2 aliphatic heterocycles. The standard InChI is InChI=1S/C24H28FN5O2S/c1-13-3-6-18-21(26)22(33-24(18)28-13)23(31)29-16-7-14-4-5-17(8-20(14)32-12-16)30-10-15(9-25)19(11-30)27-2/h3-6,8,15-16,19,27H,7,9-12,26H2,1-2H3,(H,29,31)/t15-,16+,19+/m0/s1. The van der Waals surface area contributed by atoms with Crippen LogP contribution in [0.2, 0.25) is 0 Å². The Labute approximate surface area is 196 Å². The summed E-state index contributed by atoms with van der Waals surface area (Å²) in [7, 11) is 1.88. The number of nitrogens with one attached hydrogen (secondary N) is 2. The van der Waals surface area contributed by atoms with Gasteiger partial charge >= 0.3 is 0 Å². The number of benzene rings is 1. The van der Waals surface area contributed by atoms with Crippen molar-refractivity contribution in [2.75, 3.05) is 44.1 Å². The van der Waals surface area contributed by atoms with Crippen LogP contribution in [-0.4, -0.2) is 56.4 Å². The van der Waals surface area contributed by atoms with Crippen LogP contribution in [0.5, 0.6) is 5.75 Å². The second-order valence-electron chi connectivity index (χ2n) is 8.84. The fourth-order valence-corrected chi connectivity index (χ4v) is 5.77. The Hall–Kier alpha value is -2.91. The van der Waals surface area contributed by atoms with Gasteiger partial charge in [0.2, 0.25) is 0 Å². The summed E-state index contributed by atoms with van der Waals surface area (Å²) in [6.45, 7) is 3.43. The lowest BCUT2D eigenvalue weighted by atomic mass is 10.0. The number of amides is 1. The van der Waals surface area contributed by atoms with Crippen LogP contribution in [0.3, 0.4) is 0 Å². The number of nitrogens with zero attached hydrogens (tertiary/aromatic N) is 2. The number of halogens is 1. The molecule has 2 aromatic heterocycles. The zero-order chi connectivity index (χ0) is 23.1. The van der Waals surface area contributed by atoms with Crippen molar-refractivity contribution in [2.24, 2.45) is 5.92 Å². The second-order valence-corrected chi connectivity index (χ2v) is 9.84. The number of likely N-dealkylation sites (N-methyl/N-ethyl adjacent to an activating group) is 1. The molecule has 0 radical (unpaired) electrons. The van der Waals surface area contributed by atoms with E-state index >= 15 is 0 Å². The molecule has 5 rings (SSSR count). The molecule has 0 aliphatic carbocycles. The SMILES string of the molecule is CN[C@@H]1CN(c2ccc3c(c2)OC[C@H](NC(=O)c2sc4nc(C)ccc4c2N)C3)C[C@@H]1CF. The molecule has 1 aromatic carbocycles. The van der Waals surface area contributed by atoms with E-state index in [4.69, 9.17) is 10.5 Å². The van der Waals surface area contributed by atoms with Crippen LogP contribution >= 0.6 is 11.3 Å². The molecular weight excluding hydrogens is 441 g/mol. The molecular formula is C24H28FN5O2S. The fourth-order valence-electron chi connectivity index (χ4n) is 4.73. The number of carbonyl (C=O) groups is 1. The van der Waals surface area contributed by atoms with Crippen molar-refractivity contribution < 1.29 is 13.9 Å². The molecule has 33 heavy (non-hydrogen) atoms. The van der Waals surface area contributed by atoms with E-state index in [1.165, 1.54) is 11.3 Å². The third kappa shape index (κ3) is 4.11. The summed E-state index contributed by atoms with van der Waals surface area (Å²) in [6, 6.07) is 9.93. The predicted molar refractivity (Wildman–Crippen MR) is 130 cm³/mol. The molecule has 7 nitrogen and oxygen atoms in total. The molecule has 174 valence electrons. The van der Waals surface area contributed by atoms with E-state index < -0.39 is 0 Å². The Morgan fingerprint density at radius 1 is 1.33 bits per heavy atom. The van der Waals surface area contributed by atoms with Gasteiger partial charge in [-0.05, 0) is 44.2 Å². The Kier molecular flexibility index (Phi) is 5.84. The maximum Gasteiger partial charge on any atom is 0.263 e. The van der Waals surface area contributed by atoms with E-state index in [0.717, 1.165) is 39.5 Å². The van der Waals surface area contributed by atoms with Crippen LogP contribution < -0.4 is 26.0 Å². The second kappa shape index (κ2) is 8.79. The number of nitrogens with two attached hydrogens (primary N) is 1. The van der Waals surface area contributed by atoms with Crippen LogP contribution in [0.25, 0.3) is 10.2 Å². The molecule has 1 saturated heterocycles. The number of anilines is 2. The molecule has 0 spiro atoms. The lowest BCUT2D eigenvalue weighted by Crippen LogP contribution is -2.42. The first kappa shape index (κ1) is 21.9. The molecule has 3 atom stereocenters. The van der Waals surface area contributed by atoms with Gasteiger partial charge in [0, 0.05) is 47.9 Å². The number of aromatic nitrogens is 1. The van der Waals surface area contributed by atoms with Crippen LogP contribution in [0.15, 0.2) is 30.3 Å². The summed E-state index contributed by atoms with van der Waals surface area (Å²) in [4.78, 5) is 20.9. The lowest BCUT2D eigenvalue weighted by molar-refractivity contribution is 0.0920. The van der Waals surface area contributed by atoms with Crippen molar-refractivity contribution in [1.82, 2.24) is 15.6 Å². The predicted octanol–water partition coefficient (Wildman–Crippen LogP) is 2.91. The lowest BCUT2D eigenvalue weighted by Gasteiger charge is -2.28. The van der Waals surface area contributed by atoms with Crippen molar-refractivity contribution in [3.63, 3.8) is 0 Å². The van der Waals surface area contributed by atoms with Crippen molar-refractivity contribution in [2.45, 2.75) is 25.4 Å². The topological polar surface area (TPSA) is 92.5 Å². The molecule has 9 heteroatoms. The van der Waals surface area contributed by atoms with Crippen LogP contribution in [-0.2, 0) is 6.42 Å². The number of rotatable bonds is 5. The number of aryl methyl sites for hydroxylation is 1. The average molecular weight is 470 g/mol. The molecule has 0 unspecified atom stereocenters. The Bertz CT molecular complexity index is 1190. The van der Waals surface area contributed by atoms with E-state index in [0.29, 0.717) is 30.1 Å². The number of ether oxygens (including phenoxy) is 1. The third-order valence-corrected chi connectivity index (χ3v) is 7.72.